The van der Waals surface area contributed by atoms with Crippen molar-refractivity contribution < 1.29 is 19.1 Å². The van der Waals surface area contributed by atoms with Crippen molar-refractivity contribution in [3.8, 4) is 11.5 Å². The Kier molecular flexibility index (Phi) is 8.99. The lowest BCUT2D eigenvalue weighted by molar-refractivity contribution is -0.139. The molecule has 4 rings (SSSR count). The number of carbonyl (C=O) groups is 3. The molecule has 37 heavy (non-hydrogen) atoms. The van der Waals surface area contributed by atoms with Gasteiger partial charge >= 0.3 is 0 Å². The van der Waals surface area contributed by atoms with Crippen molar-refractivity contribution in [1.29, 1.82) is 0 Å². The Labute approximate surface area is 219 Å². The molecular weight excluding hydrogens is 466 g/mol. The zero-order valence-electron chi connectivity index (χ0n) is 21.3. The summed E-state index contributed by atoms with van der Waals surface area (Å²) < 4.78 is 5.95. The largest absolute Gasteiger partial charge is 0.457 e. The summed E-state index contributed by atoms with van der Waals surface area (Å²) in [6.45, 7) is 4.79. The van der Waals surface area contributed by atoms with Gasteiger partial charge in [-0.15, -0.1) is 6.58 Å². The number of primary amides is 1. The van der Waals surface area contributed by atoms with Crippen molar-refractivity contribution in [1.82, 2.24) is 10.2 Å². The monoisotopic (exact) mass is 503 g/mol. The lowest BCUT2D eigenvalue weighted by atomic mass is 9.83. The van der Waals surface area contributed by atoms with Crippen LogP contribution in [0.25, 0.3) is 0 Å². The number of carbonyl (C=O) groups excluding carboxylic acids is 3. The van der Waals surface area contributed by atoms with Crippen LogP contribution in [0.5, 0.6) is 11.5 Å². The van der Waals surface area contributed by atoms with Gasteiger partial charge in [-0.25, -0.2) is 0 Å². The van der Waals surface area contributed by atoms with Gasteiger partial charge in [0.15, 0.2) is 0 Å². The first-order valence-electron chi connectivity index (χ1n) is 13.3. The quantitative estimate of drug-likeness (QED) is 0.414. The maximum absolute atomic E-state index is 13.5. The Bertz CT molecular complexity index is 1100. The number of hydrogen-bond donors (Lipinski definition) is 2. The maximum atomic E-state index is 13.5. The molecule has 1 saturated heterocycles. The first-order valence-corrected chi connectivity index (χ1v) is 13.3. The number of ether oxygens (including phenoxy) is 1. The molecule has 0 unspecified atom stereocenters. The molecule has 3 N–H and O–H groups in total. The van der Waals surface area contributed by atoms with Crippen molar-refractivity contribution in [3.05, 3.63) is 72.8 Å². The summed E-state index contributed by atoms with van der Waals surface area (Å²) in [6.07, 6.45) is 7.01. The van der Waals surface area contributed by atoms with Crippen LogP contribution in [-0.4, -0.2) is 35.2 Å². The van der Waals surface area contributed by atoms with E-state index in [1.54, 1.807) is 6.08 Å². The highest BCUT2D eigenvalue weighted by Crippen LogP contribution is 2.38. The lowest BCUT2D eigenvalue weighted by Crippen LogP contribution is -2.50. The number of benzene rings is 2. The number of nitrogens with one attached hydrogen (secondary N) is 1. The van der Waals surface area contributed by atoms with Crippen molar-refractivity contribution in [3.63, 3.8) is 0 Å². The van der Waals surface area contributed by atoms with Crippen molar-refractivity contribution in [2.24, 2.45) is 23.5 Å². The van der Waals surface area contributed by atoms with Gasteiger partial charge in [-0.1, -0.05) is 49.2 Å². The number of nitrogens with zero attached hydrogens (tertiary/aromatic N) is 1. The van der Waals surface area contributed by atoms with Gasteiger partial charge < -0.3 is 20.7 Å². The molecule has 2 aromatic rings. The van der Waals surface area contributed by atoms with Gasteiger partial charge in [0.25, 0.3) is 0 Å². The van der Waals surface area contributed by atoms with Crippen molar-refractivity contribution in [2.75, 3.05) is 6.54 Å². The summed E-state index contributed by atoms with van der Waals surface area (Å²) >= 11 is 0. The summed E-state index contributed by atoms with van der Waals surface area (Å²) in [5, 5.41) is 3.00. The van der Waals surface area contributed by atoms with E-state index in [1.807, 2.05) is 59.5 Å². The molecule has 0 bridgehead atoms. The fourth-order valence-electron chi connectivity index (χ4n) is 5.05. The summed E-state index contributed by atoms with van der Waals surface area (Å²) in [5.74, 6) is -0.0954. The van der Waals surface area contributed by atoms with E-state index in [0.717, 1.165) is 37.0 Å². The van der Waals surface area contributed by atoms with Crippen LogP contribution in [0.4, 0.5) is 0 Å². The van der Waals surface area contributed by atoms with E-state index in [-0.39, 0.29) is 11.8 Å². The van der Waals surface area contributed by atoms with Crippen LogP contribution >= 0.6 is 0 Å². The molecule has 0 aromatic heterocycles. The predicted octanol–water partition coefficient (Wildman–Crippen LogP) is 4.57. The third-order valence-corrected chi connectivity index (χ3v) is 7.24. The molecule has 1 saturated carbocycles. The molecule has 3 atom stereocenters. The van der Waals surface area contributed by atoms with Gasteiger partial charge in [0, 0.05) is 13.1 Å². The summed E-state index contributed by atoms with van der Waals surface area (Å²) in [6, 6.07) is 16.7. The molecule has 3 amide bonds. The first kappa shape index (κ1) is 26.5. The van der Waals surface area contributed by atoms with Crippen LogP contribution in [-0.2, 0) is 20.9 Å². The first-order chi connectivity index (χ1) is 17.9. The van der Waals surface area contributed by atoms with Gasteiger partial charge in [0.2, 0.25) is 17.7 Å². The maximum Gasteiger partial charge on any atom is 0.245 e. The molecule has 7 heteroatoms. The van der Waals surface area contributed by atoms with Crippen molar-refractivity contribution in [2.45, 2.75) is 57.5 Å². The van der Waals surface area contributed by atoms with E-state index in [1.165, 1.54) is 0 Å². The zero-order valence-corrected chi connectivity index (χ0v) is 21.3. The summed E-state index contributed by atoms with van der Waals surface area (Å²) in [5.41, 5.74) is 6.62. The minimum Gasteiger partial charge on any atom is -0.457 e. The number of allylic oxidation sites excluding steroid dienone is 1. The van der Waals surface area contributed by atoms with Gasteiger partial charge in [0.1, 0.15) is 17.5 Å². The minimum atomic E-state index is -0.613. The Morgan fingerprint density at radius 3 is 2.51 bits per heavy atom. The summed E-state index contributed by atoms with van der Waals surface area (Å²) in [7, 11) is 0. The average Bonchev–Trinajstić information content (AvgIpc) is 3.72. The Morgan fingerprint density at radius 1 is 1.05 bits per heavy atom. The number of hydrogen-bond acceptors (Lipinski definition) is 4. The SMILES string of the molecule is C=CC[C@H](C(N)=O)[C@@H](CC1CC1)C(=O)N[C@H]1CCCCN(Cc2cccc(Oc3ccccc3)c2)C1=O. The Hall–Kier alpha value is -3.61. The number of nitrogens with two attached hydrogens (primary N) is 1. The number of likely N-dealkylation sites (tertiary alicyclic amines) is 1. The van der Waals surface area contributed by atoms with Gasteiger partial charge in [-0.3, -0.25) is 14.4 Å². The van der Waals surface area contributed by atoms with E-state index in [0.29, 0.717) is 44.0 Å². The van der Waals surface area contributed by atoms with E-state index in [4.69, 9.17) is 10.5 Å². The standard InChI is InChI=1S/C30H37N3O4/c1-2-9-25(28(31)34)26(19-21-15-16-21)29(35)32-27-14-6-7-17-33(30(27)36)20-22-10-8-13-24(18-22)37-23-11-4-3-5-12-23/h2-5,8,10-13,18,21,25-27H,1,6-7,9,14-17,19-20H2,(H2,31,34)(H,32,35)/t25-,26+,27-/m0/s1. The Morgan fingerprint density at radius 2 is 1.81 bits per heavy atom. The third kappa shape index (κ3) is 7.44. The van der Waals surface area contributed by atoms with Crippen LogP contribution in [0.2, 0.25) is 0 Å². The van der Waals surface area contributed by atoms with Crippen LogP contribution in [0.3, 0.4) is 0 Å². The van der Waals surface area contributed by atoms with E-state index >= 15 is 0 Å². The van der Waals surface area contributed by atoms with Gasteiger partial charge in [-0.05, 0) is 67.9 Å². The fourth-order valence-corrected chi connectivity index (χ4v) is 5.05. The molecule has 1 aliphatic carbocycles. The molecule has 2 aliphatic rings. The molecule has 2 fully saturated rings. The average molecular weight is 504 g/mol. The van der Waals surface area contributed by atoms with Gasteiger partial charge in [0.05, 0.1) is 11.8 Å². The molecule has 0 radical (unpaired) electrons. The second-order valence-electron chi connectivity index (χ2n) is 10.2. The summed E-state index contributed by atoms with van der Waals surface area (Å²) in [4.78, 5) is 40.9. The Balaban J connectivity index is 1.43. The van der Waals surface area contributed by atoms with Crippen LogP contribution < -0.4 is 15.8 Å². The lowest BCUT2D eigenvalue weighted by Gasteiger charge is -2.28. The molecule has 7 nitrogen and oxygen atoms in total. The second-order valence-corrected chi connectivity index (χ2v) is 10.2. The minimum absolute atomic E-state index is 0.0928. The highest BCUT2D eigenvalue weighted by atomic mass is 16.5. The van der Waals surface area contributed by atoms with Crippen LogP contribution in [0, 0.1) is 17.8 Å². The van der Waals surface area contributed by atoms with Crippen LogP contribution in [0.1, 0.15) is 50.5 Å². The fraction of sp³-hybridized carbons (Fsp3) is 0.433. The predicted molar refractivity (Wildman–Crippen MR) is 142 cm³/mol. The normalized spacial score (nSPS) is 19.4. The third-order valence-electron chi connectivity index (χ3n) is 7.24. The molecule has 1 aliphatic heterocycles. The molecule has 0 spiro atoms. The highest BCUT2D eigenvalue weighted by Gasteiger charge is 2.38. The van der Waals surface area contributed by atoms with E-state index in [2.05, 4.69) is 11.9 Å². The molecule has 2 aromatic carbocycles. The zero-order chi connectivity index (χ0) is 26.2. The molecule has 1 heterocycles. The van der Waals surface area contributed by atoms with Gasteiger partial charge in [-0.2, -0.15) is 0 Å². The molecule has 196 valence electrons. The number of amides is 3. The highest BCUT2D eigenvalue weighted by molar-refractivity contribution is 5.91. The number of rotatable bonds is 12. The molecular formula is C30H37N3O4. The second kappa shape index (κ2) is 12.6. The smallest absolute Gasteiger partial charge is 0.245 e. The van der Waals surface area contributed by atoms with Crippen molar-refractivity contribution >= 4 is 17.7 Å². The van der Waals surface area contributed by atoms with E-state index in [9.17, 15) is 14.4 Å². The topological polar surface area (TPSA) is 102 Å². The number of para-hydroxylation sites is 1. The van der Waals surface area contributed by atoms with Crippen LogP contribution in [0.15, 0.2) is 67.3 Å². The van der Waals surface area contributed by atoms with E-state index < -0.39 is 23.8 Å².